The number of allylic oxidation sites excluding steroid dienone is 1. The summed E-state index contributed by atoms with van der Waals surface area (Å²) in [5.41, 5.74) is 6.41. The van der Waals surface area contributed by atoms with E-state index in [9.17, 15) is 10.1 Å². The Balaban J connectivity index is 1.57. The molecule has 1 amide bonds. The van der Waals surface area contributed by atoms with E-state index < -0.39 is 6.04 Å². The minimum atomic E-state index is -0.528. The molecule has 3 atom stereocenters. The number of hydrogen-bond donors (Lipinski definition) is 2. The van der Waals surface area contributed by atoms with Gasteiger partial charge in [0.1, 0.15) is 23.3 Å². The van der Waals surface area contributed by atoms with E-state index in [4.69, 9.17) is 4.42 Å². The zero-order chi connectivity index (χ0) is 19.3. The van der Waals surface area contributed by atoms with Crippen LogP contribution >= 0.6 is 0 Å². The molecule has 0 radical (unpaired) electrons. The van der Waals surface area contributed by atoms with Crippen LogP contribution in [0.1, 0.15) is 24.3 Å². The highest BCUT2D eigenvalue weighted by Crippen LogP contribution is 2.37. The van der Waals surface area contributed by atoms with Crippen molar-refractivity contribution in [1.29, 1.82) is 5.26 Å². The highest BCUT2D eigenvalue weighted by molar-refractivity contribution is 6.20. The Hall–Kier alpha value is -3.63. The summed E-state index contributed by atoms with van der Waals surface area (Å²) in [5.74, 6) is -0.185. The van der Waals surface area contributed by atoms with E-state index in [1.54, 1.807) is 0 Å². The highest BCUT2D eigenvalue weighted by Gasteiger charge is 2.49. The molecule has 3 heterocycles. The number of rotatable bonds is 2. The van der Waals surface area contributed by atoms with Crippen molar-refractivity contribution in [2.24, 2.45) is 0 Å². The largest absolute Gasteiger partial charge is 0.436 e. The Kier molecular flexibility index (Phi) is 3.67. The summed E-state index contributed by atoms with van der Waals surface area (Å²) >= 11 is 0. The number of nitrogens with one attached hydrogen (secondary N) is 2. The molecule has 1 fully saturated rings. The number of para-hydroxylation sites is 2. The molecule has 0 aliphatic carbocycles. The predicted molar refractivity (Wildman–Crippen MR) is 102 cm³/mol. The second-order valence-corrected chi connectivity index (χ2v) is 6.92. The van der Waals surface area contributed by atoms with Crippen molar-refractivity contribution < 1.29 is 9.21 Å². The van der Waals surface area contributed by atoms with Gasteiger partial charge < -0.3 is 9.73 Å². The van der Waals surface area contributed by atoms with Crippen molar-refractivity contribution in [3.63, 3.8) is 0 Å². The van der Waals surface area contributed by atoms with Gasteiger partial charge in [0.05, 0.1) is 12.0 Å². The van der Waals surface area contributed by atoms with Crippen LogP contribution in [-0.2, 0) is 4.79 Å². The molecule has 28 heavy (non-hydrogen) atoms. The summed E-state index contributed by atoms with van der Waals surface area (Å²) in [4.78, 5) is 17.8. The van der Waals surface area contributed by atoms with E-state index in [0.29, 0.717) is 22.4 Å². The third-order valence-corrected chi connectivity index (χ3v) is 5.26. The van der Waals surface area contributed by atoms with Crippen LogP contribution in [0.4, 0.5) is 0 Å². The van der Waals surface area contributed by atoms with E-state index in [-0.39, 0.29) is 23.9 Å². The van der Waals surface area contributed by atoms with Gasteiger partial charge in [0.2, 0.25) is 5.89 Å². The fourth-order valence-electron chi connectivity index (χ4n) is 3.96. The van der Waals surface area contributed by atoms with Gasteiger partial charge in [-0.2, -0.15) is 5.26 Å². The van der Waals surface area contributed by atoms with Crippen molar-refractivity contribution in [1.82, 2.24) is 20.7 Å². The Morgan fingerprint density at radius 1 is 1.14 bits per heavy atom. The first kappa shape index (κ1) is 16.5. The molecule has 0 saturated carbocycles. The summed E-state index contributed by atoms with van der Waals surface area (Å²) in [6.07, 6.45) is -0.368. The van der Waals surface area contributed by atoms with Crippen molar-refractivity contribution in [3.8, 4) is 6.07 Å². The van der Waals surface area contributed by atoms with Gasteiger partial charge in [0.15, 0.2) is 5.58 Å². The van der Waals surface area contributed by atoms with Gasteiger partial charge >= 0.3 is 0 Å². The van der Waals surface area contributed by atoms with Crippen LogP contribution < -0.4 is 10.7 Å². The standard InChI is InChI=1S/C21H17N5O2/c1-12-17(20-24-14-9-5-6-10-16(14)28-20)21(27)26-19(23-12)18(15(11-22)25-26)13-7-3-2-4-8-13/h2-10,15,18-19,23,25H,1H3. The van der Waals surface area contributed by atoms with E-state index in [1.165, 1.54) is 5.01 Å². The fraction of sp³-hybridized carbons (Fsp3) is 0.190. The predicted octanol–water partition coefficient (Wildman–Crippen LogP) is 2.51. The van der Waals surface area contributed by atoms with Gasteiger partial charge in [-0.3, -0.25) is 4.79 Å². The molecule has 138 valence electrons. The van der Waals surface area contributed by atoms with Gasteiger partial charge in [-0.25, -0.2) is 15.4 Å². The van der Waals surface area contributed by atoms with E-state index in [0.717, 1.165) is 5.56 Å². The number of amides is 1. The molecule has 1 aromatic heterocycles. The smallest absolute Gasteiger partial charge is 0.277 e. The Morgan fingerprint density at radius 3 is 2.64 bits per heavy atom. The highest BCUT2D eigenvalue weighted by atomic mass is 16.3. The Labute approximate surface area is 161 Å². The second kappa shape index (κ2) is 6.22. The van der Waals surface area contributed by atoms with Crippen LogP contribution in [0.15, 0.2) is 64.7 Å². The maximum atomic E-state index is 13.3. The molecule has 2 N–H and O–H groups in total. The molecule has 1 saturated heterocycles. The number of nitriles is 1. The summed E-state index contributed by atoms with van der Waals surface area (Å²) in [5, 5.41) is 14.5. The minimum absolute atomic E-state index is 0.199. The number of hydrogen-bond acceptors (Lipinski definition) is 6. The first-order chi connectivity index (χ1) is 13.7. The fourth-order valence-corrected chi connectivity index (χ4v) is 3.96. The van der Waals surface area contributed by atoms with Crippen LogP contribution in [0.25, 0.3) is 16.7 Å². The molecule has 5 rings (SSSR count). The van der Waals surface area contributed by atoms with Crippen molar-refractivity contribution in [2.45, 2.75) is 25.0 Å². The third kappa shape index (κ3) is 2.39. The number of fused-ring (bicyclic) bond motifs is 2. The Bertz CT molecular complexity index is 1110. The lowest BCUT2D eigenvalue weighted by atomic mass is 9.90. The van der Waals surface area contributed by atoms with Gasteiger partial charge in [0, 0.05) is 5.70 Å². The maximum Gasteiger partial charge on any atom is 0.277 e. The molecular formula is C21H17N5O2. The van der Waals surface area contributed by atoms with E-state index >= 15 is 0 Å². The van der Waals surface area contributed by atoms with E-state index in [2.05, 4.69) is 21.8 Å². The molecular weight excluding hydrogens is 354 g/mol. The molecule has 3 unspecified atom stereocenters. The monoisotopic (exact) mass is 371 g/mol. The maximum absolute atomic E-state index is 13.3. The lowest BCUT2D eigenvalue weighted by molar-refractivity contribution is -0.130. The number of carbonyl (C=O) groups excluding carboxylic acids is 1. The van der Waals surface area contributed by atoms with Gasteiger partial charge in [-0.15, -0.1) is 0 Å². The molecule has 2 aliphatic rings. The number of benzene rings is 2. The van der Waals surface area contributed by atoms with Crippen LogP contribution in [0, 0.1) is 11.3 Å². The first-order valence-corrected chi connectivity index (χ1v) is 9.05. The van der Waals surface area contributed by atoms with Gasteiger partial charge in [-0.1, -0.05) is 42.5 Å². The van der Waals surface area contributed by atoms with Crippen LogP contribution in [0.3, 0.4) is 0 Å². The zero-order valence-corrected chi connectivity index (χ0v) is 15.1. The molecule has 2 aliphatic heterocycles. The molecule has 2 aromatic carbocycles. The number of carbonyl (C=O) groups is 1. The lowest BCUT2D eigenvalue weighted by Gasteiger charge is -2.34. The molecule has 0 bridgehead atoms. The number of oxazole rings is 1. The number of nitrogens with zero attached hydrogens (tertiary/aromatic N) is 3. The first-order valence-electron chi connectivity index (χ1n) is 9.05. The molecule has 3 aromatic rings. The molecule has 7 heteroatoms. The van der Waals surface area contributed by atoms with Gasteiger partial charge in [-0.05, 0) is 24.6 Å². The van der Waals surface area contributed by atoms with Crippen LogP contribution in [0.5, 0.6) is 0 Å². The van der Waals surface area contributed by atoms with E-state index in [1.807, 2.05) is 61.5 Å². The summed E-state index contributed by atoms with van der Waals surface area (Å²) < 4.78 is 5.81. The average Bonchev–Trinajstić information content (AvgIpc) is 3.29. The minimum Gasteiger partial charge on any atom is -0.436 e. The van der Waals surface area contributed by atoms with Crippen molar-refractivity contribution in [2.75, 3.05) is 0 Å². The normalized spacial score (nSPS) is 24.2. The summed E-state index contributed by atoms with van der Waals surface area (Å²) in [7, 11) is 0. The quantitative estimate of drug-likeness (QED) is 0.719. The Morgan fingerprint density at radius 2 is 1.89 bits per heavy atom. The zero-order valence-electron chi connectivity index (χ0n) is 15.1. The SMILES string of the molecule is CC1=C(c2nc3ccccc3o2)C(=O)N2NC(C#N)C(c3ccccc3)C2N1. The molecule has 7 nitrogen and oxygen atoms in total. The number of hydrazine groups is 1. The van der Waals surface area contributed by atoms with Crippen LogP contribution in [-0.4, -0.2) is 28.1 Å². The van der Waals surface area contributed by atoms with Gasteiger partial charge in [0.25, 0.3) is 5.91 Å². The number of aromatic nitrogens is 1. The summed E-state index contributed by atoms with van der Waals surface area (Å²) in [6, 6.07) is 18.9. The average molecular weight is 371 g/mol. The topological polar surface area (TPSA) is 94.2 Å². The van der Waals surface area contributed by atoms with Crippen molar-refractivity contribution in [3.05, 3.63) is 71.7 Å². The second-order valence-electron chi connectivity index (χ2n) is 6.92. The summed E-state index contributed by atoms with van der Waals surface area (Å²) in [6.45, 7) is 1.83. The third-order valence-electron chi connectivity index (χ3n) is 5.26. The van der Waals surface area contributed by atoms with Crippen molar-refractivity contribution >= 4 is 22.6 Å². The lowest BCUT2D eigenvalue weighted by Crippen LogP contribution is -2.54. The van der Waals surface area contributed by atoms with Crippen LogP contribution in [0.2, 0.25) is 0 Å². The molecule has 0 spiro atoms.